The van der Waals surface area contributed by atoms with Gasteiger partial charge in [-0.1, -0.05) is 12.1 Å². The van der Waals surface area contributed by atoms with E-state index in [1.54, 1.807) is 76.4 Å². The highest BCUT2D eigenvalue weighted by molar-refractivity contribution is 7.91. The van der Waals surface area contributed by atoms with Crippen LogP contribution < -0.4 is 15.6 Å². The molecule has 0 saturated heterocycles. The monoisotopic (exact) mass is 745 g/mol. The Labute approximate surface area is 296 Å². The average Bonchev–Trinajstić information content (AvgIpc) is 3.60. The highest BCUT2D eigenvalue weighted by atomic mass is 32.2. The lowest BCUT2D eigenvalue weighted by molar-refractivity contribution is -0.0445. The van der Waals surface area contributed by atoms with E-state index in [9.17, 15) is 31.2 Å². The van der Waals surface area contributed by atoms with E-state index in [1.807, 2.05) is 0 Å². The molecular weight excluding hydrogens is 708 g/mol. The van der Waals surface area contributed by atoms with Gasteiger partial charge in [-0.25, -0.2) is 13.8 Å². The summed E-state index contributed by atoms with van der Waals surface area (Å²) in [5.41, 5.74) is -5.16. The molecule has 1 amide bonds. The number of hydrogen-bond donors (Lipinski definition) is 1. The maximum atomic E-state index is 14.6. The summed E-state index contributed by atoms with van der Waals surface area (Å²) < 4.78 is 83.5. The number of alkyl halides is 3. The Morgan fingerprint density at radius 3 is 2.25 bits per heavy atom. The van der Waals surface area contributed by atoms with E-state index in [0.717, 1.165) is 0 Å². The van der Waals surface area contributed by atoms with Crippen molar-refractivity contribution in [3.05, 3.63) is 74.9 Å². The molecule has 0 atom stereocenters. The number of hydrogen-bond acceptors (Lipinski definition) is 9. The van der Waals surface area contributed by atoms with Crippen LogP contribution in [-0.4, -0.2) is 70.3 Å². The second kappa shape index (κ2) is 13.2. The van der Waals surface area contributed by atoms with Crippen molar-refractivity contribution in [1.82, 2.24) is 18.4 Å². The van der Waals surface area contributed by atoms with Crippen LogP contribution in [0.2, 0.25) is 0 Å². The fourth-order valence-electron chi connectivity index (χ4n) is 6.16. The molecule has 16 heteroatoms. The summed E-state index contributed by atoms with van der Waals surface area (Å²) >= 11 is 1.27. The first-order chi connectivity index (χ1) is 23.9. The summed E-state index contributed by atoms with van der Waals surface area (Å²) in [5, 5.41) is 4.97. The number of benzene rings is 2. The van der Waals surface area contributed by atoms with Crippen LogP contribution in [0.15, 0.2) is 52.6 Å². The number of imidazole rings is 1. The van der Waals surface area contributed by atoms with Gasteiger partial charge in [0.15, 0.2) is 5.82 Å². The molecule has 11 nitrogen and oxygen atoms in total. The second-order valence-corrected chi connectivity index (χ2v) is 16.3. The van der Waals surface area contributed by atoms with Gasteiger partial charge in [-0.05, 0) is 99.9 Å². The molecule has 0 unspecified atom stereocenters. The Bertz CT molecular complexity index is 2300. The number of fused-ring (bicyclic) bond motifs is 3. The Morgan fingerprint density at radius 1 is 1.02 bits per heavy atom. The SMILES string of the molecule is COc1ccc(Cn2c(=O)c(-c3nc4cc5c(cc4n3S(=O)(=O)C(F)(F)F)CCN(C(=O)OC(C)(C)C)CC5)c(NC(C)C)c3sccc32)cc1. The number of anilines is 1. The van der Waals surface area contributed by atoms with E-state index >= 15 is 0 Å². The molecule has 0 radical (unpaired) electrons. The molecule has 0 spiro atoms. The molecule has 3 aromatic heterocycles. The van der Waals surface area contributed by atoms with Crippen LogP contribution in [0.4, 0.5) is 23.7 Å². The summed E-state index contributed by atoms with van der Waals surface area (Å²) in [4.78, 5) is 33.5. The number of aromatic nitrogens is 3. The highest BCUT2D eigenvalue weighted by Crippen LogP contribution is 2.40. The van der Waals surface area contributed by atoms with Crippen LogP contribution >= 0.6 is 11.3 Å². The molecule has 272 valence electrons. The van der Waals surface area contributed by atoms with Crippen LogP contribution in [0, 0.1) is 0 Å². The van der Waals surface area contributed by atoms with Gasteiger partial charge >= 0.3 is 21.6 Å². The van der Waals surface area contributed by atoms with Crippen LogP contribution in [0.1, 0.15) is 51.3 Å². The first kappa shape index (κ1) is 36.2. The number of pyridine rings is 1. The largest absolute Gasteiger partial charge is 0.517 e. The molecule has 6 rings (SSSR count). The highest BCUT2D eigenvalue weighted by Gasteiger charge is 2.50. The van der Waals surface area contributed by atoms with Gasteiger partial charge in [-0.15, -0.1) is 11.3 Å². The molecule has 4 heterocycles. The van der Waals surface area contributed by atoms with Gasteiger partial charge in [0, 0.05) is 19.1 Å². The zero-order chi connectivity index (χ0) is 37.0. The Kier molecular flexibility index (Phi) is 9.38. The lowest BCUT2D eigenvalue weighted by Crippen LogP contribution is -2.38. The minimum atomic E-state index is -6.12. The van der Waals surface area contributed by atoms with Gasteiger partial charge in [0.25, 0.3) is 5.56 Å². The maximum Gasteiger partial charge on any atom is 0.517 e. The fraction of sp³-hybridized carbons (Fsp3) is 0.400. The van der Waals surface area contributed by atoms with Crippen LogP contribution in [-0.2, 0) is 34.1 Å². The number of ether oxygens (including phenoxy) is 2. The standard InChI is InChI=1S/C35H38F3N5O6S2/c1-20(2)39-29-28(32(44)42(26-13-16-50-30(26)29)19-21-7-9-24(48-6)10-8-21)31-40-25-17-22-11-14-41(33(45)49-34(3,4)5)15-12-23(22)18-27(25)43(31)51(46,47)35(36,37)38/h7-10,13,16-18,20,39H,11-12,14-15,19H2,1-6H3. The summed E-state index contributed by atoms with van der Waals surface area (Å²) in [6, 6.07) is 11.4. The Balaban J connectivity index is 1.59. The van der Waals surface area contributed by atoms with Gasteiger partial charge < -0.3 is 24.3 Å². The van der Waals surface area contributed by atoms with Crippen molar-refractivity contribution in [2.45, 2.75) is 71.2 Å². The van der Waals surface area contributed by atoms with Crippen molar-refractivity contribution in [2.24, 2.45) is 0 Å². The normalized spacial score (nSPS) is 14.2. The van der Waals surface area contributed by atoms with E-state index < -0.39 is 38.6 Å². The van der Waals surface area contributed by atoms with Crippen molar-refractivity contribution in [3.63, 3.8) is 0 Å². The zero-order valence-electron chi connectivity index (χ0n) is 28.9. The lowest BCUT2D eigenvalue weighted by Gasteiger charge is -2.26. The van der Waals surface area contributed by atoms with Gasteiger partial charge in [0.1, 0.15) is 16.9 Å². The van der Waals surface area contributed by atoms with Crippen molar-refractivity contribution >= 4 is 54.4 Å². The maximum absolute atomic E-state index is 14.6. The van der Waals surface area contributed by atoms with Gasteiger partial charge in [0.2, 0.25) is 0 Å². The molecule has 5 aromatic rings. The van der Waals surface area contributed by atoms with Gasteiger partial charge in [0.05, 0.1) is 40.6 Å². The number of halogens is 3. The van der Waals surface area contributed by atoms with Crippen molar-refractivity contribution in [3.8, 4) is 17.1 Å². The van der Waals surface area contributed by atoms with Gasteiger partial charge in [-0.3, -0.25) is 4.79 Å². The number of thiophene rings is 1. The van der Waals surface area contributed by atoms with Crippen LogP contribution in [0.3, 0.4) is 0 Å². The third-order valence-corrected chi connectivity index (χ3v) is 10.8. The summed E-state index contributed by atoms with van der Waals surface area (Å²) in [7, 11) is -4.59. The number of amides is 1. The predicted molar refractivity (Wildman–Crippen MR) is 191 cm³/mol. The number of nitrogens with one attached hydrogen (secondary N) is 1. The molecule has 1 aliphatic rings. The molecule has 0 aliphatic carbocycles. The van der Waals surface area contributed by atoms with E-state index in [1.165, 1.54) is 34.0 Å². The smallest absolute Gasteiger partial charge is 0.497 e. The Hall–Kier alpha value is -4.57. The minimum absolute atomic E-state index is 0.0369. The number of methoxy groups -OCH3 is 1. The van der Waals surface area contributed by atoms with Crippen LogP contribution in [0.5, 0.6) is 5.75 Å². The third kappa shape index (κ3) is 6.90. The van der Waals surface area contributed by atoms with E-state index in [4.69, 9.17) is 9.47 Å². The first-order valence-corrected chi connectivity index (χ1v) is 18.6. The summed E-state index contributed by atoms with van der Waals surface area (Å²) in [6.07, 6.45) is 0.0337. The quantitative estimate of drug-likeness (QED) is 0.189. The minimum Gasteiger partial charge on any atom is -0.497 e. The molecule has 0 saturated carbocycles. The topological polar surface area (TPSA) is 125 Å². The molecule has 1 N–H and O–H groups in total. The molecule has 0 bridgehead atoms. The van der Waals surface area contributed by atoms with E-state index in [0.29, 0.717) is 39.1 Å². The molecular formula is C35H38F3N5O6S2. The van der Waals surface area contributed by atoms with Crippen molar-refractivity contribution in [1.29, 1.82) is 0 Å². The number of carbonyl (C=O) groups excluding carboxylic acids is 1. The molecule has 2 aromatic carbocycles. The summed E-state index contributed by atoms with van der Waals surface area (Å²) in [5.74, 6) is -0.0456. The van der Waals surface area contributed by atoms with E-state index in [2.05, 4.69) is 10.3 Å². The van der Waals surface area contributed by atoms with Gasteiger partial charge in [-0.2, -0.15) is 21.6 Å². The second-order valence-electron chi connectivity index (χ2n) is 13.7. The predicted octanol–water partition coefficient (Wildman–Crippen LogP) is 6.99. The molecule has 51 heavy (non-hydrogen) atoms. The molecule has 1 aliphatic heterocycles. The third-order valence-electron chi connectivity index (χ3n) is 8.45. The lowest BCUT2D eigenvalue weighted by atomic mass is 10.0. The number of carbonyl (C=O) groups is 1. The van der Waals surface area contributed by atoms with Crippen LogP contribution in [0.25, 0.3) is 32.6 Å². The zero-order valence-corrected chi connectivity index (χ0v) is 30.6. The van der Waals surface area contributed by atoms with E-state index in [-0.39, 0.29) is 58.4 Å². The van der Waals surface area contributed by atoms with Crippen molar-refractivity contribution < 1.29 is 35.9 Å². The van der Waals surface area contributed by atoms with Crippen molar-refractivity contribution in [2.75, 3.05) is 25.5 Å². The fourth-order valence-corrected chi connectivity index (χ4v) is 8.04. The summed E-state index contributed by atoms with van der Waals surface area (Å²) in [6.45, 7) is 9.37. The first-order valence-electron chi connectivity index (χ1n) is 16.3. The average molecular weight is 746 g/mol. The number of rotatable bonds is 7. The Morgan fingerprint density at radius 2 is 1.67 bits per heavy atom. The number of nitrogens with zero attached hydrogens (tertiary/aromatic N) is 4. The molecule has 0 fully saturated rings.